The molecule has 0 unspecified atom stereocenters. The number of ether oxygens (including phenoxy) is 1. The summed E-state index contributed by atoms with van der Waals surface area (Å²) < 4.78 is 6.22. The number of rotatable bonds is 2. The molecule has 0 amide bonds. The van der Waals surface area contributed by atoms with E-state index in [2.05, 4.69) is 122 Å². The lowest BCUT2D eigenvalue weighted by Gasteiger charge is -2.32. The Hall–Kier alpha value is -4.38. The lowest BCUT2D eigenvalue weighted by Crippen LogP contribution is -2.17. The first-order valence-corrected chi connectivity index (χ1v) is 16.2. The Bertz CT molecular complexity index is 2050. The van der Waals surface area contributed by atoms with E-state index in [9.17, 15) is 0 Å². The van der Waals surface area contributed by atoms with Gasteiger partial charge >= 0.3 is 0 Å². The van der Waals surface area contributed by atoms with E-state index in [1.54, 1.807) is 0 Å². The Morgan fingerprint density at radius 3 is 1.88 bits per heavy atom. The van der Waals surface area contributed by atoms with Crippen LogP contribution >= 0.6 is 23.5 Å². The number of hydrogen-bond donors (Lipinski definition) is 0. The molecule has 0 aromatic heterocycles. The Morgan fingerprint density at radius 2 is 1.16 bits per heavy atom. The monoisotopic (exact) mass is 589 g/mol. The zero-order valence-corrected chi connectivity index (χ0v) is 25.4. The van der Waals surface area contributed by atoms with Gasteiger partial charge in [0, 0.05) is 30.7 Å². The van der Waals surface area contributed by atoms with E-state index in [0.29, 0.717) is 0 Å². The fourth-order valence-corrected chi connectivity index (χ4v) is 9.39. The van der Waals surface area contributed by atoms with Crippen molar-refractivity contribution in [2.24, 2.45) is 0 Å². The van der Waals surface area contributed by atoms with Gasteiger partial charge in [-0.3, -0.25) is 0 Å². The van der Waals surface area contributed by atoms with E-state index < -0.39 is 0 Å². The van der Waals surface area contributed by atoms with E-state index in [4.69, 9.17) is 4.74 Å². The first kappa shape index (κ1) is 25.1. The molecule has 6 aromatic rings. The molecular formula is C39H27NOS2. The average Bonchev–Trinajstić information content (AvgIpc) is 3.28. The molecule has 2 heterocycles. The summed E-state index contributed by atoms with van der Waals surface area (Å²) in [6.07, 6.45) is 0. The van der Waals surface area contributed by atoms with Crippen molar-refractivity contribution in [3.8, 4) is 33.8 Å². The molecule has 43 heavy (non-hydrogen) atoms. The molecule has 0 saturated carbocycles. The molecule has 0 bridgehead atoms. The minimum atomic E-state index is -0.0903. The third-order valence-corrected chi connectivity index (χ3v) is 11.5. The Morgan fingerprint density at radius 1 is 0.558 bits per heavy atom. The summed E-state index contributed by atoms with van der Waals surface area (Å²) in [5.74, 6) is 1.74. The number of benzene rings is 6. The summed E-state index contributed by atoms with van der Waals surface area (Å²) in [6.45, 7) is 4.79. The Balaban J connectivity index is 1.09. The van der Waals surface area contributed by atoms with Crippen molar-refractivity contribution in [1.29, 1.82) is 0 Å². The highest BCUT2D eigenvalue weighted by Gasteiger charge is 2.39. The highest BCUT2D eigenvalue weighted by atomic mass is 32.2. The van der Waals surface area contributed by atoms with Gasteiger partial charge in [-0.1, -0.05) is 104 Å². The first-order chi connectivity index (χ1) is 21.1. The first-order valence-electron chi connectivity index (χ1n) is 14.6. The van der Waals surface area contributed by atoms with Crippen molar-refractivity contribution in [3.05, 3.63) is 139 Å². The third kappa shape index (κ3) is 3.76. The summed E-state index contributed by atoms with van der Waals surface area (Å²) in [7, 11) is 0. The number of nitrogens with zero attached hydrogens (tertiary/aromatic N) is 1. The van der Waals surface area contributed by atoms with E-state index in [0.717, 1.165) is 28.6 Å². The summed E-state index contributed by atoms with van der Waals surface area (Å²) in [4.78, 5) is 7.77. The van der Waals surface area contributed by atoms with Crippen LogP contribution in [0.1, 0.15) is 25.0 Å². The summed E-state index contributed by atoms with van der Waals surface area (Å²) in [6, 6.07) is 45.9. The largest absolute Gasteiger partial charge is 0.453 e. The van der Waals surface area contributed by atoms with Crippen LogP contribution in [0.25, 0.3) is 22.3 Å². The zero-order valence-electron chi connectivity index (χ0n) is 23.8. The van der Waals surface area contributed by atoms with Gasteiger partial charge in [-0.2, -0.15) is 0 Å². The maximum atomic E-state index is 6.22. The maximum Gasteiger partial charge on any atom is 0.151 e. The normalized spacial score (nSPS) is 14.9. The standard InChI is InChI=1S/C39H27NOS2/c1-39(2)29-23-25(17-20-27(29)28-21-22-36-38(37(28)39)43-35-14-8-7-13-34(35)42-36)24-15-18-26(19-16-24)40-30-9-3-5-11-32(30)41-33-12-6-4-10-31(33)40/h3-23H,1-2H3. The minimum absolute atomic E-state index is 0.0903. The molecule has 0 spiro atoms. The van der Waals surface area contributed by atoms with Crippen LogP contribution in [-0.2, 0) is 5.41 Å². The van der Waals surface area contributed by atoms with E-state index in [1.165, 1.54) is 53.0 Å². The minimum Gasteiger partial charge on any atom is -0.453 e. The van der Waals surface area contributed by atoms with Gasteiger partial charge in [0.1, 0.15) is 0 Å². The van der Waals surface area contributed by atoms with Crippen molar-refractivity contribution >= 4 is 40.6 Å². The number of hydrogen-bond acceptors (Lipinski definition) is 4. The molecule has 4 heteroatoms. The van der Waals surface area contributed by atoms with Crippen molar-refractivity contribution < 1.29 is 4.74 Å². The van der Waals surface area contributed by atoms with Gasteiger partial charge in [0.25, 0.3) is 0 Å². The molecule has 2 aliphatic heterocycles. The Labute approximate surface area is 260 Å². The predicted octanol–water partition coefficient (Wildman–Crippen LogP) is 11.9. The molecule has 9 rings (SSSR count). The highest BCUT2D eigenvalue weighted by molar-refractivity contribution is 8.05. The van der Waals surface area contributed by atoms with Gasteiger partial charge < -0.3 is 9.64 Å². The van der Waals surface area contributed by atoms with Crippen LogP contribution in [0, 0.1) is 0 Å². The lowest BCUT2D eigenvalue weighted by molar-refractivity contribution is 0.477. The van der Waals surface area contributed by atoms with Crippen LogP contribution in [0.2, 0.25) is 0 Å². The smallest absolute Gasteiger partial charge is 0.151 e. The molecular weight excluding hydrogens is 563 g/mol. The van der Waals surface area contributed by atoms with Crippen LogP contribution in [-0.4, -0.2) is 0 Å². The molecule has 0 saturated heterocycles. The van der Waals surface area contributed by atoms with Gasteiger partial charge in [-0.25, -0.2) is 0 Å². The second kappa shape index (κ2) is 9.31. The average molecular weight is 590 g/mol. The molecule has 1 aliphatic carbocycles. The Kier molecular flexibility index (Phi) is 5.44. The van der Waals surface area contributed by atoms with Crippen LogP contribution in [0.3, 0.4) is 0 Å². The van der Waals surface area contributed by atoms with Gasteiger partial charge in [0.2, 0.25) is 0 Å². The molecule has 0 N–H and O–H groups in total. The molecule has 3 aliphatic rings. The van der Waals surface area contributed by atoms with E-state index >= 15 is 0 Å². The summed E-state index contributed by atoms with van der Waals surface area (Å²) >= 11 is 3.83. The van der Waals surface area contributed by atoms with Crippen LogP contribution < -0.4 is 9.64 Å². The fourth-order valence-electron chi connectivity index (χ4n) is 6.83. The van der Waals surface area contributed by atoms with Crippen molar-refractivity contribution in [1.82, 2.24) is 0 Å². The fraction of sp³-hybridized carbons (Fsp3) is 0.0769. The second-order valence-corrected chi connectivity index (χ2v) is 13.9. The van der Waals surface area contributed by atoms with Gasteiger partial charge in [0.05, 0.1) is 11.4 Å². The predicted molar refractivity (Wildman–Crippen MR) is 179 cm³/mol. The number of para-hydroxylation sites is 4. The number of anilines is 3. The molecule has 206 valence electrons. The quantitative estimate of drug-likeness (QED) is 0.199. The van der Waals surface area contributed by atoms with Crippen LogP contribution in [0.15, 0.2) is 147 Å². The SMILES string of the molecule is CC1(C)c2cc(-c3ccc(N4c5ccccc5Oc5ccccc54)cc3)ccc2-c2ccc3c(c21)Sc1ccccc1S3. The van der Waals surface area contributed by atoms with Crippen LogP contribution in [0.4, 0.5) is 17.1 Å². The van der Waals surface area contributed by atoms with Gasteiger partial charge in [0.15, 0.2) is 11.5 Å². The van der Waals surface area contributed by atoms with Crippen molar-refractivity contribution in [2.45, 2.75) is 38.8 Å². The highest BCUT2D eigenvalue weighted by Crippen LogP contribution is 2.59. The molecule has 6 aromatic carbocycles. The summed E-state index contributed by atoms with van der Waals surface area (Å²) in [5.41, 5.74) is 11.2. The lowest BCUT2D eigenvalue weighted by atomic mass is 9.81. The van der Waals surface area contributed by atoms with Crippen LogP contribution in [0.5, 0.6) is 11.5 Å². The van der Waals surface area contributed by atoms with Crippen molar-refractivity contribution in [2.75, 3.05) is 4.90 Å². The second-order valence-electron chi connectivity index (χ2n) is 11.8. The zero-order chi connectivity index (χ0) is 28.7. The topological polar surface area (TPSA) is 12.5 Å². The molecule has 2 nitrogen and oxygen atoms in total. The van der Waals surface area contributed by atoms with Gasteiger partial charge in [-0.15, -0.1) is 0 Å². The van der Waals surface area contributed by atoms with E-state index in [1.807, 2.05) is 47.8 Å². The van der Waals surface area contributed by atoms with Gasteiger partial charge in [-0.05, 0) is 94.0 Å². The van der Waals surface area contributed by atoms with Crippen molar-refractivity contribution in [3.63, 3.8) is 0 Å². The molecule has 0 fully saturated rings. The molecule has 0 radical (unpaired) electrons. The maximum absolute atomic E-state index is 6.22. The third-order valence-electron chi connectivity index (χ3n) is 8.90. The molecule has 0 atom stereocenters. The summed E-state index contributed by atoms with van der Waals surface area (Å²) in [5, 5.41) is 0. The number of fused-ring (bicyclic) bond motifs is 8. The van der Waals surface area contributed by atoms with E-state index in [-0.39, 0.29) is 5.41 Å².